The molecule has 0 bridgehead atoms. The van der Waals surface area contributed by atoms with Gasteiger partial charge >= 0.3 is 0 Å². The lowest BCUT2D eigenvalue weighted by Gasteiger charge is -2.42. The van der Waals surface area contributed by atoms with Crippen LogP contribution in [-0.4, -0.2) is 4.57 Å². The molecule has 0 amide bonds. The lowest BCUT2D eigenvalue weighted by Crippen LogP contribution is -2.37. The molecule has 2 aliphatic rings. The van der Waals surface area contributed by atoms with Crippen molar-refractivity contribution in [2.75, 3.05) is 0 Å². The molecule has 9 aromatic rings. The molecule has 1 heterocycles. The van der Waals surface area contributed by atoms with E-state index in [1.165, 1.54) is 83.1 Å². The smallest absolute Gasteiger partial charge is 0.0538 e. The zero-order valence-electron chi connectivity index (χ0n) is 31.9. The van der Waals surface area contributed by atoms with Gasteiger partial charge in [0.25, 0.3) is 0 Å². The van der Waals surface area contributed by atoms with Crippen molar-refractivity contribution in [3.63, 3.8) is 0 Å². The minimum atomic E-state index is -0.248. The predicted molar refractivity (Wildman–Crippen MR) is 239 cm³/mol. The summed E-state index contributed by atoms with van der Waals surface area (Å²) in [5.74, 6) is 0.607. The van der Waals surface area contributed by atoms with Gasteiger partial charge in [-0.2, -0.15) is 0 Å². The third-order valence-corrected chi connectivity index (χ3v) is 13.0. The average molecular weight is 730 g/mol. The summed E-state index contributed by atoms with van der Waals surface area (Å²) < 4.78 is 2.61. The van der Waals surface area contributed by atoms with Crippen molar-refractivity contribution in [1.82, 2.24) is 4.57 Å². The van der Waals surface area contributed by atoms with Crippen LogP contribution in [0.15, 0.2) is 212 Å². The van der Waals surface area contributed by atoms with Gasteiger partial charge in [0.2, 0.25) is 0 Å². The first-order valence-corrected chi connectivity index (χ1v) is 20.4. The van der Waals surface area contributed by atoms with Gasteiger partial charge in [-0.3, -0.25) is 0 Å². The van der Waals surface area contributed by atoms with Crippen LogP contribution in [0, 0.1) is 5.92 Å². The Labute approximate surface area is 335 Å². The molecule has 0 fully saturated rings. The largest absolute Gasteiger partial charge is 0.313 e. The molecule has 2 unspecified atom stereocenters. The highest BCUT2D eigenvalue weighted by molar-refractivity contribution is 6.11. The third-order valence-electron chi connectivity index (χ3n) is 13.0. The van der Waals surface area contributed by atoms with Crippen LogP contribution in [0.1, 0.15) is 52.1 Å². The van der Waals surface area contributed by atoms with Crippen LogP contribution < -0.4 is 0 Å². The number of benzene rings is 8. The van der Waals surface area contributed by atoms with Gasteiger partial charge in [-0.05, 0) is 105 Å². The highest BCUT2D eigenvalue weighted by Gasteiger charge is 2.55. The second-order valence-corrected chi connectivity index (χ2v) is 15.9. The molecule has 0 radical (unpaired) electrons. The number of rotatable bonds is 7. The number of hydrogen-bond donors (Lipinski definition) is 0. The molecule has 272 valence electrons. The Morgan fingerprint density at radius 2 is 1.04 bits per heavy atom. The van der Waals surface area contributed by atoms with Crippen molar-refractivity contribution in [3.05, 3.63) is 246 Å². The molecule has 0 saturated heterocycles. The summed E-state index contributed by atoms with van der Waals surface area (Å²) in [5, 5.41) is 2.59. The maximum absolute atomic E-state index is 2.61. The molecule has 11 rings (SSSR count). The van der Waals surface area contributed by atoms with Crippen molar-refractivity contribution < 1.29 is 0 Å². The first kappa shape index (κ1) is 33.6. The van der Waals surface area contributed by atoms with E-state index >= 15 is 0 Å². The van der Waals surface area contributed by atoms with Crippen LogP contribution in [-0.2, 0) is 11.8 Å². The van der Waals surface area contributed by atoms with Gasteiger partial charge in [-0.25, -0.2) is 0 Å². The molecule has 0 spiro atoms. The van der Waals surface area contributed by atoms with Crippen LogP contribution in [0.25, 0.3) is 49.8 Å². The lowest BCUT2D eigenvalue weighted by atomic mass is 9.61. The zero-order valence-corrected chi connectivity index (χ0v) is 31.9. The monoisotopic (exact) mass is 729 g/mol. The summed E-state index contributed by atoms with van der Waals surface area (Å²) in [7, 11) is 0. The Kier molecular flexibility index (Phi) is 8.14. The zero-order chi connectivity index (χ0) is 37.8. The molecule has 1 nitrogen and oxygen atoms in total. The molecule has 0 N–H and O–H groups in total. The van der Waals surface area contributed by atoms with Crippen LogP contribution in [0.2, 0.25) is 0 Å². The second-order valence-electron chi connectivity index (χ2n) is 15.9. The van der Waals surface area contributed by atoms with E-state index in [-0.39, 0.29) is 11.3 Å². The summed E-state index contributed by atoms with van der Waals surface area (Å²) >= 11 is 0. The summed E-state index contributed by atoms with van der Waals surface area (Å²) in [6.07, 6.45) is 5.66. The van der Waals surface area contributed by atoms with Crippen LogP contribution in [0.5, 0.6) is 0 Å². The number of hydrogen-bond acceptors (Lipinski definition) is 0. The fourth-order valence-corrected chi connectivity index (χ4v) is 10.6. The minimum Gasteiger partial charge on any atom is -0.313 e. The number of nitrogens with zero attached hydrogens (tertiary/aromatic N) is 1. The molecule has 0 aliphatic heterocycles. The van der Waals surface area contributed by atoms with Gasteiger partial charge in [-0.1, -0.05) is 188 Å². The Balaban J connectivity index is 1.01. The van der Waals surface area contributed by atoms with Crippen molar-refractivity contribution in [2.45, 2.75) is 30.6 Å². The van der Waals surface area contributed by atoms with Gasteiger partial charge in [0.1, 0.15) is 0 Å². The van der Waals surface area contributed by atoms with Crippen molar-refractivity contribution in [1.29, 1.82) is 0 Å². The predicted octanol–water partition coefficient (Wildman–Crippen LogP) is 14.1. The number of aromatic nitrogens is 1. The first-order valence-electron chi connectivity index (χ1n) is 20.4. The van der Waals surface area contributed by atoms with Crippen LogP contribution in [0.3, 0.4) is 0 Å². The molecule has 1 aromatic heterocycles. The lowest BCUT2D eigenvalue weighted by molar-refractivity contribution is 0.348. The number of allylic oxidation sites excluding steroid dienone is 2. The Morgan fingerprint density at radius 1 is 0.456 bits per heavy atom. The Morgan fingerprint density at radius 3 is 1.79 bits per heavy atom. The molecule has 0 saturated carbocycles. The van der Waals surface area contributed by atoms with Gasteiger partial charge in [0.15, 0.2) is 0 Å². The van der Waals surface area contributed by atoms with E-state index in [1.807, 2.05) is 0 Å². The van der Waals surface area contributed by atoms with E-state index in [1.54, 1.807) is 0 Å². The van der Waals surface area contributed by atoms with E-state index in [0.717, 1.165) is 19.3 Å². The highest BCUT2D eigenvalue weighted by atomic mass is 15.0. The Bertz CT molecular complexity index is 2880. The van der Waals surface area contributed by atoms with Crippen LogP contribution >= 0.6 is 0 Å². The van der Waals surface area contributed by atoms with Crippen LogP contribution in [0.4, 0.5) is 0 Å². The van der Waals surface area contributed by atoms with Gasteiger partial charge in [-0.15, -0.1) is 0 Å². The fourth-order valence-electron chi connectivity index (χ4n) is 10.6. The summed E-state index contributed by atoms with van der Waals surface area (Å²) in [6.45, 7) is 0. The molecule has 2 atom stereocenters. The SMILES string of the molecule is C1=C(n2c3ccccc3c3cc(-c4cccc(-c5ccc(Cc6ccccc6)cc5)c4)ccc32)C2c3ccccc3C(c3ccccc3)(c3ccccc3)C2CC1. The molecular formula is C56H43N. The Hall–Kier alpha value is -6.70. The van der Waals surface area contributed by atoms with Gasteiger partial charge < -0.3 is 4.57 Å². The van der Waals surface area contributed by atoms with E-state index in [4.69, 9.17) is 0 Å². The van der Waals surface area contributed by atoms with E-state index in [0.29, 0.717) is 5.92 Å². The maximum Gasteiger partial charge on any atom is 0.0538 e. The summed E-state index contributed by atoms with van der Waals surface area (Å²) in [6, 6.07) is 77.0. The summed E-state index contributed by atoms with van der Waals surface area (Å²) in [4.78, 5) is 0. The number of fused-ring (bicyclic) bond motifs is 6. The maximum atomic E-state index is 2.61. The van der Waals surface area contributed by atoms with Gasteiger partial charge in [0, 0.05) is 27.8 Å². The molecule has 2 aliphatic carbocycles. The molecule has 57 heavy (non-hydrogen) atoms. The molecule has 8 aromatic carbocycles. The first-order chi connectivity index (χ1) is 28.3. The third kappa shape index (κ3) is 5.45. The van der Waals surface area contributed by atoms with Crippen molar-refractivity contribution >= 4 is 27.5 Å². The molecular weight excluding hydrogens is 687 g/mol. The standard InChI is InChI=1S/C56H43N/c1-4-16-39(17-5-1)36-40-30-32-41(33-31-40)42-18-14-19-43(37-42)44-34-35-53-49(38-44)47-24-11-13-28-52(47)57(53)54-29-15-27-51-55(54)48-25-10-12-26-50(48)56(51,45-20-6-2-7-21-45)46-22-8-3-9-23-46/h1-14,16-26,28-35,37-38,51,55H,15,27,36H2. The second kappa shape index (κ2) is 13.8. The van der Waals surface area contributed by atoms with E-state index in [2.05, 4.69) is 217 Å². The highest BCUT2D eigenvalue weighted by Crippen LogP contribution is 2.63. The quantitative estimate of drug-likeness (QED) is 0.154. The van der Waals surface area contributed by atoms with E-state index in [9.17, 15) is 0 Å². The van der Waals surface area contributed by atoms with Gasteiger partial charge in [0.05, 0.1) is 11.0 Å². The minimum absolute atomic E-state index is 0.241. The van der Waals surface area contributed by atoms with Crippen molar-refractivity contribution in [3.8, 4) is 22.3 Å². The van der Waals surface area contributed by atoms with E-state index < -0.39 is 0 Å². The number of para-hydroxylation sites is 1. The topological polar surface area (TPSA) is 4.93 Å². The average Bonchev–Trinajstić information content (AvgIpc) is 3.78. The van der Waals surface area contributed by atoms with Crippen molar-refractivity contribution in [2.24, 2.45) is 5.92 Å². The summed E-state index contributed by atoms with van der Waals surface area (Å²) in [5.41, 5.74) is 17.0. The fraction of sp³-hybridized carbons (Fsp3) is 0.107. The molecule has 1 heteroatoms. The normalized spacial score (nSPS) is 16.9.